The first-order valence-electron chi connectivity index (χ1n) is 6.55. The van der Waals surface area contributed by atoms with E-state index in [-0.39, 0.29) is 5.78 Å². The van der Waals surface area contributed by atoms with Crippen molar-refractivity contribution in [3.63, 3.8) is 0 Å². The maximum Gasteiger partial charge on any atom is 0.228 e. The van der Waals surface area contributed by atoms with Crippen LogP contribution in [-0.2, 0) is 12.8 Å². The average molecular weight is 240 g/mol. The summed E-state index contributed by atoms with van der Waals surface area (Å²) in [6, 6.07) is 9.37. The Morgan fingerprint density at radius 1 is 1.00 bits per heavy atom. The number of rotatable bonds is 2. The normalized spacial score (nSPS) is 14.9. The quantitative estimate of drug-likeness (QED) is 0.590. The Morgan fingerprint density at radius 2 is 1.78 bits per heavy atom. The van der Waals surface area contributed by atoms with Crippen molar-refractivity contribution in [2.75, 3.05) is 0 Å². The van der Waals surface area contributed by atoms with E-state index in [0.29, 0.717) is 11.3 Å². The Bertz CT molecular complexity index is 552. The highest BCUT2D eigenvalue weighted by Gasteiger charge is 2.22. The van der Waals surface area contributed by atoms with Crippen LogP contribution < -0.4 is 0 Å². The zero-order chi connectivity index (χ0) is 12.4. The topological polar surface area (TPSA) is 30.2 Å². The molecule has 92 valence electrons. The molecule has 0 amide bonds. The van der Waals surface area contributed by atoms with Crippen molar-refractivity contribution < 1.29 is 9.21 Å². The van der Waals surface area contributed by atoms with Gasteiger partial charge < -0.3 is 4.42 Å². The number of aryl methyl sites for hydroxylation is 1. The van der Waals surface area contributed by atoms with E-state index in [4.69, 9.17) is 4.42 Å². The van der Waals surface area contributed by atoms with Crippen LogP contribution in [0.2, 0.25) is 0 Å². The Balaban J connectivity index is 1.98. The molecule has 0 atom stereocenters. The van der Waals surface area contributed by atoms with Gasteiger partial charge in [0, 0.05) is 11.1 Å². The van der Waals surface area contributed by atoms with Crippen LogP contribution >= 0.6 is 0 Å². The Labute approximate surface area is 107 Å². The van der Waals surface area contributed by atoms with Gasteiger partial charge >= 0.3 is 0 Å². The van der Waals surface area contributed by atoms with Gasteiger partial charge in [0.25, 0.3) is 0 Å². The van der Waals surface area contributed by atoms with Gasteiger partial charge in [0.05, 0.1) is 6.26 Å². The first kappa shape index (κ1) is 11.3. The van der Waals surface area contributed by atoms with Crippen LogP contribution in [0.15, 0.2) is 41.0 Å². The minimum atomic E-state index is 0.0127. The molecular weight excluding hydrogens is 224 g/mol. The molecule has 2 nitrogen and oxygen atoms in total. The van der Waals surface area contributed by atoms with Crippen LogP contribution in [0, 0.1) is 0 Å². The highest BCUT2D eigenvalue weighted by molar-refractivity contribution is 6.08. The highest BCUT2D eigenvalue weighted by Crippen LogP contribution is 2.27. The SMILES string of the molecule is O=C(c1ccccc1)c1occ2c1CCCCC2. The number of carbonyl (C=O) groups is 1. The summed E-state index contributed by atoms with van der Waals surface area (Å²) in [6.45, 7) is 0. The Hall–Kier alpha value is -1.83. The molecule has 3 rings (SSSR count). The molecule has 2 heteroatoms. The number of benzene rings is 1. The maximum atomic E-state index is 12.4. The molecule has 0 aliphatic heterocycles. The van der Waals surface area contributed by atoms with Crippen molar-refractivity contribution in [1.82, 2.24) is 0 Å². The summed E-state index contributed by atoms with van der Waals surface area (Å²) in [6.07, 6.45) is 7.39. The van der Waals surface area contributed by atoms with E-state index < -0.39 is 0 Å². The first-order chi connectivity index (χ1) is 8.86. The van der Waals surface area contributed by atoms with E-state index in [9.17, 15) is 4.79 Å². The van der Waals surface area contributed by atoms with E-state index in [1.54, 1.807) is 6.26 Å². The lowest BCUT2D eigenvalue weighted by Gasteiger charge is -2.01. The van der Waals surface area contributed by atoms with Gasteiger partial charge in [-0.15, -0.1) is 0 Å². The highest BCUT2D eigenvalue weighted by atomic mass is 16.3. The summed E-state index contributed by atoms with van der Waals surface area (Å²) < 4.78 is 5.54. The fourth-order valence-electron chi connectivity index (χ4n) is 2.61. The monoisotopic (exact) mass is 240 g/mol. The standard InChI is InChI=1S/C16H16O2/c17-15(12-7-3-1-4-8-12)16-14-10-6-2-5-9-13(14)11-18-16/h1,3-4,7-8,11H,2,5-6,9-10H2. The number of hydrogen-bond donors (Lipinski definition) is 0. The van der Waals surface area contributed by atoms with E-state index >= 15 is 0 Å². The maximum absolute atomic E-state index is 12.4. The number of carbonyl (C=O) groups excluding carboxylic acids is 1. The zero-order valence-corrected chi connectivity index (χ0v) is 10.3. The van der Waals surface area contributed by atoms with Crippen molar-refractivity contribution in [1.29, 1.82) is 0 Å². The van der Waals surface area contributed by atoms with E-state index in [1.165, 1.54) is 18.4 Å². The summed E-state index contributed by atoms with van der Waals surface area (Å²) in [5.41, 5.74) is 3.08. The second kappa shape index (κ2) is 4.81. The molecule has 1 heterocycles. The van der Waals surface area contributed by atoms with Crippen molar-refractivity contribution >= 4 is 5.78 Å². The third-order valence-corrected chi connectivity index (χ3v) is 3.60. The summed E-state index contributed by atoms with van der Waals surface area (Å²) in [5.74, 6) is 0.567. The molecule has 0 unspecified atom stereocenters. The molecule has 1 aliphatic carbocycles. The van der Waals surface area contributed by atoms with Crippen LogP contribution in [0.1, 0.15) is 46.5 Å². The fourth-order valence-corrected chi connectivity index (χ4v) is 2.61. The van der Waals surface area contributed by atoms with Crippen LogP contribution in [0.4, 0.5) is 0 Å². The predicted molar refractivity (Wildman–Crippen MR) is 69.8 cm³/mol. The predicted octanol–water partition coefficient (Wildman–Crippen LogP) is 3.78. The van der Waals surface area contributed by atoms with Crippen LogP contribution in [0.3, 0.4) is 0 Å². The molecule has 0 bridgehead atoms. The summed E-state index contributed by atoms with van der Waals surface area (Å²) in [5, 5.41) is 0. The van der Waals surface area contributed by atoms with Gasteiger partial charge in [0.2, 0.25) is 5.78 Å². The molecule has 1 aromatic heterocycles. The third-order valence-electron chi connectivity index (χ3n) is 3.60. The van der Waals surface area contributed by atoms with Gasteiger partial charge in [-0.3, -0.25) is 4.79 Å². The lowest BCUT2D eigenvalue weighted by Crippen LogP contribution is -2.03. The average Bonchev–Trinajstić information content (AvgIpc) is 2.68. The van der Waals surface area contributed by atoms with Crippen LogP contribution in [0.25, 0.3) is 0 Å². The van der Waals surface area contributed by atoms with Crippen molar-refractivity contribution in [2.24, 2.45) is 0 Å². The van der Waals surface area contributed by atoms with Crippen molar-refractivity contribution in [2.45, 2.75) is 32.1 Å². The molecule has 0 spiro atoms. The van der Waals surface area contributed by atoms with Crippen LogP contribution in [-0.4, -0.2) is 5.78 Å². The molecule has 0 fully saturated rings. The zero-order valence-electron chi connectivity index (χ0n) is 10.3. The van der Waals surface area contributed by atoms with E-state index in [2.05, 4.69) is 0 Å². The van der Waals surface area contributed by atoms with Crippen molar-refractivity contribution in [3.05, 3.63) is 59.0 Å². The molecule has 0 N–H and O–H groups in total. The third kappa shape index (κ3) is 1.99. The molecule has 2 aromatic rings. The van der Waals surface area contributed by atoms with Gasteiger partial charge in [-0.25, -0.2) is 0 Å². The van der Waals surface area contributed by atoms with Gasteiger partial charge in [0.15, 0.2) is 5.76 Å². The molecule has 0 saturated heterocycles. The molecular formula is C16H16O2. The first-order valence-corrected chi connectivity index (χ1v) is 6.55. The Kier molecular flexibility index (Phi) is 3.01. The molecule has 0 saturated carbocycles. The van der Waals surface area contributed by atoms with Gasteiger partial charge in [-0.2, -0.15) is 0 Å². The minimum Gasteiger partial charge on any atom is -0.460 e. The largest absolute Gasteiger partial charge is 0.460 e. The summed E-state index contributed by atoms with van der Waals surface area (Å²) >= 11 is 0. The minimum absolute atomic E-state index is 0.0127. The fraction of sp³-hybridized carbons (Fsp3) is 0.312. The smallest absolute Gasteiger partial charge is 0.228 e. The number of ketones is 1. The van der Waals surface area contributed by atoms with E-state index in [0.717, 1.165) is 24.8 Å². The molecule has 18 heavy (non-hydrogen) atoms. The summed E-state index contributed by atoms with van der Waals surface area (Å²) in [7, 11) is 0. The lowest BCUT2D eigenvalue weighted by atomic mass is 10.0. The molecule has 1 aromatic carbocycles. The van der Waals surface area contributed by atoms with Gasteiger partial charge in [-0.1, -0.05) is 36.8 Å². The van der Waals surface area contributed by atoms with Gasteiger partial charge in [-0.05, 0) is 31.2 Å². The second-order valence-electron chi connectivity index (χ2n) is 4.82. The Morgan fingerprint density at radius 3 is 2.61 bits per heavy atom. The van der Waals surface area contributed by atoms with Crippen LogP contribution in [0.5, 0.6) is 0 Å². The molecule has 0 radical (unpaired) electrons. The second-order valence-corrected chi connectivity index (χ2v) is 4.82. The number of furan rings is 1. The lowest BCUT2D eigenvalue weighted by molar-refractivity contribution is 0.101. The van der Waals surface area contributed by atoms with Gasteiger partial charge in [0.1, 0.15) is 0 Å². The van der Waals surface area contributed by atoms with Crippen molar-refractivity contribution in [3.8, 4) is 0 Å². The van der Waals surface area contributed by atoms with E-state index in [1.807, 2.05) is 30.3 Å². The summed E-state index contributed by atoms with van der Waals surface area (Å²) in [4.78, 5) is 12.4. The molecule has 1 aliphatic rings. The number of fused-ring (bicyclic) bond motifs is 1. The number of hydrogen-bond acceptors (Lipinski definition) is 2.